The molecule has 0 spiro atoms. The Kier molecular flexibility index (Phi) is 1.40. The van der Waals surface area contributed by atoms with Gasteiger partial charge in [0.05, 0.1) is 5.92 Å². The Morgan fingerprint density at radius 2 is 1.91 bits per heavy atom. The van der Waals surface area contributed by atoms with Crippen molar-refractivity contribution >= 4 is 0 Å². The van der Waals surface area contributed by atoms with Gasteiger partial charge in [0.1, 0.15) is 5.82 Å². The molecule has 1 aliphatic rings. The lowest BCUT2D eigenvalue weighted by molar-refractivity contribution is 0.626. The second kappa shape index (κ2) is 2.39. The van der Waals surface area contributed by atoms with Crippen molar-refractivity contribution < 1.29 is 4.39 Å². The molecule has 0 N–H and O–H groups in total. The maximum Gasteiger partial charge on any atom is 0.123 e. The molecule has 1 atom stereocenters. The average molecular weight is 146 g/mol. The average Bonchev–Trinajstić information content (AvgIpc) is 1.90. The molecule has 54 valence electrons. The molecule has 0 saturated heterocycles. The quantitative estimate of drug-likeness (QED) is 0.533. The number of benzene rings is 1. The van der Waals surface area contributed by atoms with Gasteiger partial charge in [-0.3, -0.25) is 0 Å². The summed E-state index contributed by atoms with van der Waals surface area (Å²) in [7, 11) is 0. The van der Waals surface area contributed by atoms with Crippen LogP contribution in [0, 0.1) is 17.7 Å². The molecule has 0 nitrogen and oxygen atoms in total. The number of rotatable bonds is 1. The van der Waals surface area contributed by atoms with Gasteiger partial charge in [0.25, 0.3) is 0 Å². The van der Waals surface area contributed by atoms with Gasteiger partial charge in [0.15, 0.2) is 0 Å². The zero-order valence-electron chi connectivity index (χ0n) is 5.97. The van der Waals surface area contributed by atoms with Crippen molar-refractivity contribution in [2.75, 3.05) is 0 Å². The second-order valence-electron chi connectivity index (χ2n) is 2.63. The number of hydrogen-bond acceptors (Lipinski definition) is 0. The molecule has 1 aromatic rings. The van der Waals surface area contributed by atoms with E-state index in [9.17, 15) is 4.39 Å². The third-order valence-electron chi connectivity index (χ3n) is 1.85. The lowest BCUT2D eigenvalue weighted by atomic mass is 9.91. The van der Waals surface area contributed by atoms with Gasteiger partial charge in [-0.15, -0.1) is 5.92 Å². The lowest BCUT2D eigenvalue weighted by Gasteiger charge is -2.12. The van der Waals surface area contributed by atoms with E-state index in [1.54, 1.807) is 12.1 Å². The molecule has 1 aliphatic carbocycles. The summed E-state index contributed by atoms with van der Waals surface area (Å²) < 4.78 is 12.4. The Labute approximate surface area is 65.1 Å². The highest BCUT2D eigenvalue weighted by molar-refractivity contribution is 5.35. The molecule has 0 aromatic heterocycles. The van der Waals surface area contributed by atoms with Crippen molar-refractivity contribution in [1.29, 1.82) is 0 Å². The summed E-state index contributed by atoms with van der Waals surface area (Å²) in [5, 5.41) is 0. The predicted octanol–water partition coefficient (Wildman–Crippen LogP) is 2.32. The highest BCUT2D eigenvalue weighted by atomic mass is 19.1. The third kappa shape index (κ3) is 1.12. The van der Waals surface area contributed by atoms with E-state index in [4.69, 9.17) is 0 Å². The maximum atomic E-state index is 12.4. The summed E-state index contributed by atoms with van der Waals surface area (Å²) in [5.74, 6) is 6.12. The number of hydrogen-bond donors (Lipinski definition) is 0. The minimum Gasteiger partial charge on any atom is -0.207 e. The van der Waals surface area contributed by atoms with Gasteiger partial charge in [-0.25, -0.2) is 4.39 Å². The summed E-state index contributed by atoms with van der Waals surface area (Å²) in [5.41, 5.74) is 1.13. The zero-order valence-corrected chi connectivity index (χ0v) is 5.97. The standard InChI is InChI=1S/C10H7F/c11-10-6-4-9(5-7-10)8-2-1-3-8/h4-8H,2H2. The van der Waals surface area contributed by atoms with Gasteiger partial charge in [0.2, 0.25) is 0 Å². The van der Waals surface area contributed by atoms with Crippen LogP contribution in [-0.4, -0.2) is 0 Å². The molecule has 0 aliphatic heterocycles. The van der Waals surface area contributed by atoms with E-state index in [-0.39, 0.29) is 5.82 Å². The summed E-state index contributed by atoms with van der Waals surface area (Å²) in [4.78, 5) is 0. The van der Waals surface area contributed by atoms with E-state index in [0.29, 0.717) is 5.92 Å². The normalized spacial score (nSPS) is 19.9. The van der Waals surface area contributed by atoms with E-state index in [0.717, 1.165) is 12.0 Å². The Morgan fingerprint density at radius 1 is 1.27 bits per heavy atom. The third-order valence-corrected chi connectivity index (χ3v) is 1.85. The van der Waals surface area contributed by atoms with E-state index in [1.165, 1.54) is 12.1 Å². The number of halogens is 1. The first-order chi connectivity index (χ1) is 5.36. The van der Waals surface area contributed by atoms with Crippen LogP contribution in [-0.2, 0) is 0 Å². The van der Waals surface area contributed by atoms with Gasteiger partial charge in [-0.2, -0.15) is 0 Å². The van der Waals surface area contributed by atoms with Gasteiger partial charge in [-0.05, 0) is 17.7 Å². The molecule has 0 saturated carbocycles. The first-order valence-electron chi connectivity index (χ1n) is 3.60. The van der Waals surface area contributed by atoms with Crippen LogP contribution in [0.2, 0.25) is 0 Å². The van der Waals surface area contributed by atoms with Crippen LogP contribution in [0.5, 0.6) is 0 Å². The van der Waals surface area contributed by atoms with Crippen LogP contribution in [0.15, 0.2) is 24.3 Å². The van der Waals surface area contributed by atoms with Crippen LogP contribution in [0.25, 0.3) is 0 Å². The molecular weight excluding hydrogens is 139 g/mol. The van der Waals surface area contributed by atoms with Crippen LogP contribution in [0.3, 0.4) is 0 Å². The van der Waals surface area contributed by atoms with Crippen molar-refractivity contribution in [3.8, 4) is 11.8 Å². The Balaban J connectivity index is 2.28. The largest absolute Gasteiger partial charge is 0.207 e. The van der Waals surface area contributed by atoms with Crippen molar-refractivity contribution in [2.24, 2.45) is 0 Å². The Morgan fingerprint density at radius 3 is 2.36 bits per heavy atom. The van der Waals surface area contributed by atoms with Crippen molar-refractivity contribution in [3.63, 3.8) is 0 Å². The lowest BCUT2D eigenvalue weighted by Crippen LogP contribution is -2.00. The summed E-state index contributed by atoms with van der Waals surface area (Å²) >= 11 is 0. The first-order valence-corrected chi connectivity index (χ1v) is 3.60. The summed E-state index contributed by atoms with van der Waals surface area (Å²) in [6.45, 7) is 0. The molecular formula is C10H7F. The summed E-state index contributed by atoms with van der Waals surface area (Å²) in [6, 6.07) is 6.56. The summed E-state index contributed by atoms with van der Waals surface area (Å²) in [6.07, 6.45) is 0.922. The molecule has 0 radical (unpaired) electrons. The highest BCUT2D eigenvalue weighted by Gasteiger charge is 2.11. The topological polar surface area (TPSA) is 0 Å². The smallest absolute Gasteiger partial charge is 0.123 e. The van der Waals surface area contributed by atoms with Crippen LogP contribution in [0.1, 0.15) is 17.9 Å². The molecule has 1 unspecified atom stereocenters. The fourth-order valence-electron chi connectivity index (χ4n) is 1.10. The maximum absolute atomic E-state index is 12.4. The van der Waals surface area contributed by atoms with Gasteiger partial charge in [0, 0.05) is 6.42 Å². The van der Waals surface area contributed by atoms with Crippen LogP contribution < -0.4 is 0 Å². The van der Waals surface area contributed by atoms with E-state index >= 15 is 0 Å². The van der Waals surface area contributed by atoms with E-state index in [2.05, 4.69) is 11.8 Å². The fourth-order valence-corrected chi connectivity index (χ4v) is 1.10. The first kappa shape index (κ1) is 6.42. The molecule has 0 amide bonds. The predicted molar refractivity (Wildman–Crippen MR) is 41.5 cm³/mol. The fraction of sp³-hybridized carbons (Fsp3) is 0.200. The molecule has 0 heterocycles. The molecule has 2 rings (SSSR count). The SMILES string of the molecule is Fc1ccc(C2C#CC2)cc1. The molecule has 1 heteroatoms. The second-order valence-corrected chi connectivity index (χ2v) is 2.63. The Bertz CT molecular complexity index is 313. The molecule has 0 fully saturated rings. The minimum absolute atomic E-state index is 0.180. The Hall–Kier alpha value is -1.29. The monoisotopic (exact) mass is 146 g/mol. The molecule has 11 heavy (non-hydrogen) atoms. The van der Waals surface area contributed by atoms with Gasteiger partial charge < -0.3 is 0 Å². The zero-order chi connectivity index (χ0) is 7.68. The molecule has 1 aromatic carbocycles. The van der Waals surface area contributed by atoms with Gasteiger partial charge in [-0.1, -0.05) is 18.1 Å². The highest BCUT2D eigenvalue weighted by Crippen LogP contribution is 2.23. The van der Waals surface area contributed by atoms with Gasteiger partial charge >= 0.3 is 0 Å². The van der Waals surface area contributed by atoms with E-state index < -0.39 is 0 Å². The van der Waals surface area contributed by atoms with Crippen molar-refractivity contribution in [2.45, 2.75) is 12.3 Å². The van der Waals surface area contributed by atoms with Crippen LogP contribution >= 0.6 is 0 Å². The van der Waals surface area contributed by atoms with Crippen LogP contribution in [0.4, 0.5) is 4.39 Å². The van der Waals surface area contributed by atoms with Crippen molar-refractivity contribution in [3.05, 3.63) is 35.6 Å². The minimum atomic E-state index is -0.180. The molecule has 0 bridgehead atoms. The van der Waals surface area contributed by atoms with Crippen molar-refractivity contribution in [1.82, 2.24) is 0 Å². The van der Waals surface area contributed by atoms with E-state index in [1.807, 2.05) is 0 Å².